The van der Waals surface area contributed by atoms with E-state index < -0.39 is 11.7 Å². The van der Waals surface area contributed by atoms with Crippen molar-refractivity contribution in [3.8, 4) is 0 Å². The molecule has 6 heteroatoms. The molecule has 0 aliphatic carbocycles. The highest BCUT2D eigenvalue weighted by Crippen LogP contribution is 2.17. The summed E-state index contributed by atoms with van der Waals surface area (Å²) in [6, 6.07) is 7.47. The van der Waals surface area contributed by atoms with E-state index >= 15 is 0 Å². The van der Waals surface area contributed by atoms with E-state index in [2.05, 4.69) is 0 Å². The zero-order valence-corrected chi connectivity index (χ0v) is 12.3. The molecule has 2 aromatic rings. The molecule has 1 aromatic carbocycles. The van der Waals surface area contributed by atoms with Crippen LogP contribution in [0.1, 0.15) is 16.1 Å². The zero-order valence-electron chi connectivity index (χ0n) is 11.5. The number of ether oxygens (including phenoxy) is 1. The molecule has 0 aliphatic heterocycles. The number of halogens is 2. The first-order valence-corrected chi connectivity index (χ1v) is 6.75. The quantitative estimate of drug-likeness (QED) is 0.821. The van der Waals surface area contributed by atoms with Crippen molar-refractivity contribution in [2.24, 2.45) is 0 Å². The van der Waals surface area contributed by atoms with Gasteiger partial charge in [0.15, 0.2) is 0 Å². The molecule has 2 rings (SSSR count). The Morgan fingerprint density at radius 2 is 2.24 bits per heavy atom. The lowest BCUT2D eigenvalue weighted by Crippen LogP contribution is -2.33. The van der Waals surface area contributed by atoms with E-state index in [1.807, 2.05) is 0 Å². The molecular formula is C15H15ClFNO3. The monoisotopic (exact) mass is 311 g/mol. The lowest BCUT2D eigenvalue weighted by atomic mass is 10.2. The van der Waals surface area contributed by atoms with Crippen LogP contribution in [0.4, 0.5) is 4.39 Å². The van der Waals surface area contributed by atoms with Crippen LogP contribution >= 0.6 is 11.6 Å². The molecule has 1 heterocycles. The summed E-state index contributed by atoms with van der Waals surface area (Å²) in [5, 5.41) is 0.249. The van der Waals surface area contributed by atoms with E-state index in [0.717, 1.165) is 6.07 Å². The molecule has 1 aromatic heterocycles. The van der Waals surface area contributed by atoms with E-state index in [9.17, 15) is 9.18 Å². The first-order chi connectivity index (χ1) is 10.1. The van der Waals surface area contributed by atoms with Crippen LogP contribution in [0.15, 0.2) is 41.0 Å². The van der Waals surface area contributed by atoms with Gasteiger partial charge in [-0.3, -0.25) is 4.79 Å². The molecule has 0 bridgehead atoms. The Bertz CT molecular complexity index is 601. The smallest absolute Gasteiger partial charge is 0.257 e. The third kappa shape index (κ3) is 4.06. The van der Waals surface area contributed by atoms with Crippen LogP contribution in [0.3, 0.4) is 0 Å². The van der Waals surface area contributed by atoms with Gasteiger partial charge in [0.2, 0.25) is 0 Å². The number of hydrogen-bond donors (Lipinski definition) is 0. The zero-order chi connectivity index (χ0) is 15.2. The van der Waals surface area contributed by atoms with Gasteiger partial charge in [-0.1, -0.05) is 11.6 Å². The Morgan fingerprint density at radius 3 is 2.86 bits per heavy atom. The molecule has 4 nitrogen and oxygen atoms in total. The molecule has 0 saturated carbocycles. The molecule has 0 atom stereocenters. The average Bonchev–Trinajstić information content (AvgIpc) is 2.95. The van der Waals surface area contributed by atoms with Crippen molar-refractivity contribution < 1.29 is 18.3 Å². The number of rotatable bonds is 6. The molecule has 112 valence electrons. The van der Waals surface area contributed by atoms with E-state index in [4.69, 9.17) is 20.8 Å². The predicted molar refractivity (Wildman–Crippen MR) is 76.7 cm³/mol. The Kier molecular flexibility index (Phi) is 5.36. The van der Waals surface area contributed by atoms with Gasteiger partial charge in [0, 0.05) is 18.7 Å². The van der Waals surface area contributed by atoms with Gasteiger partial charge >= 0.3 is 0 Å². The second-order valence-corrected chi connectivity index (χ2v) is 4.86. The van der Waals surface area contributed by atoms with Gasteiger partial charge in [-0.05, 0) is 30.3 Å². The summed E-state index contributed by atoms with van der Waals surface area (Å²) in [5.74, 6) is -0.458. The fourth-order valence-electron chi connectivity index (χ4n) is 1.88. The van der Waals surface area contributed by atoms with Crippen molar-refractivity contribution in [3.63, 3.8) is 0 Å². The summed E-state index contributed by atoms with van der Waals surface area (Å²) < 4.78 is 24.1. The standard InChI is InChI=1S/C15H15ClFNO3/c1-20-8-6-18(10-12-3-2-7-21-12)15(19)13-5-4-11(16)9-14(13)17/h2-5,7,9H,6,8,10H2,1H3. The third-order valence-electron chi connectivity index (χ3n) is 2.94. The Hall–Kier alpha value is -1.85. The topological polar surface area (TPSA) is 42.7 Å². The van der Waals surface area contributed by atoms with Crippen LogP contribution in [0, 0.1) is 5.82 Å². The van der Waals surface area contributed by atoms with Crippen molar-refractivity contribution in [2.75, 3.05) is 20.3 Å². The van der Waals surface area contributed by atoms with Gasteiger partial charge < -0.3 is 14.1 Å². The summed E-state index contributed by atoms with van der Waals surface area (Å²) in [6.07, 6.45) is 1.52. The van der Waals surface area contributed by atoms with Gasteiger partial charge in [-0.25, -0.2) is 4.39 Å². The third-order valence-corrected chi connectivity index (χ3v) is 3.18. The maximum Gasteiger partial charge on any atom is 0.257 e. The van der Waals surface area contributed by atoms with Crippen LogP contribution in [-0.4, -0.2) is 31.1 Å². The second-order valence-electron chi connectivity index (χ2n) is 4.42. The largest absolute Gasteiger partial charge is 0.467 e. The number of amides is 1. The van der Waals surface area contributed by atoms with E-state index in [-0.39, 0.29) is 17.1 Å². The molecule has 0 aliphatic rings. The van der Waals surface area contributed by atoms with Crippen molar-refractivity contribution >= 4 is 17.5 Å². The van der Waals surface area contributed by atoms with Gasteiger partial charge in [-0.2, -0.15) is 0 Å². The number of benzene rings is 1. The molecule has 0 spiro atoms. The van der Waals surface area contributed by atoms with Crippen molar-refractivity contribution in [1.82, 2.24) is 4.90 Å². The minimum Gasteiger partial charge on any atom is -0.467 e. The fraction of sp³-hybridized carbons (Fsp3) is 0.267. The highest BCUT2D eigenvalue weighted by atomic mass is 35.5. The number of furan rings is 1. The summed E-state index contributed by atoms with van der Waals surface area (Å²) >= 11 is 5.70. The second kappa shape index (κ2) is 7.24. The van der Waals surface area contributed by atoms with E-state index in [1.165, 1.54) is 23.3 Å². The molecule has 0 saturated heterocycles. The van der Waals surface area contributed by atoms with E-state index in [0.29, 0.717) is 18.9 Å². The molecule has 0 fully saturated rings. The summed E-state index contributed by atoms with van der Waals surface area (Å²) in [5.41, 5.74) is -0.0259. The van der Waals surface area contributed by atoms with Crippen LogP contribution in [0.25, 0.3) is 0 Å². The summed E-state index contributed by atoms with van der Waals surface area (Å²) in [4.78, 5) is 13.9. The van der Waals surface area contributed by atoms with Crippen LogP contribution in [0.2, 0.25) is 5.02 Å². The van der Waals surface area contributed by atoms with Gasteiger partial charge in [0.1, 0.15) is 11.6 Å². The molecular weight excluding hydrogens is 297 g/mol. The molecule has 0 N–H and O–H groups in total. The van der Waals surface area contributed by atoms with E-state index in [1.54, 1.807) is 19.2 Å². The maximum atomic E-state index is 13.9. The minimum absolute atomic E-state index is 0.0259. The van der Waals surface area contributed by atoms with Crippen molar-refractivity contribution in [3.05, 3.63) is 58.8 Å². The molecule has 0 radical (unpaired) electrons. The highest BCUT2D eigenvalue weighted by Gasteiger charge is 2.20. The molecule has 1 amide bonds. The minimum atomic E-state index is -0.644. The van der Waals surface area contributed by atoms with Crippen molar-refractivity contribution in [2.45, 2.75) is 6.54 Å². The number of carbonyl (C=O) groups is 1. The number of hydrogen-bond acceptors (Lipinski definition) is 3. The SMILES string of the molecule is COCCN(Cc1ccco1)C(=O)c1ccc(Cl)cc1F. The van der Waals surface area contributed by atoms with Gasteiger partial charge in [0.05, 0.1) is 25.0 Å². The van der Waals surface area contributed by atoms with Gasteiger partial charge in [0.25, 0.3) is 5.91 Å². The summed E-state index contributed by atoms with van der Waals surface area (Å²) in [6.45, 7) is 0.928. The number of methoxy groups -OCH3 is 1. The Labute approximate surface area is 127 Å². The average molecular weight is 312 g/mol. The Morgan fingerprint density at radius 1 is 1.43 bits per heavy atom. The molecule has 21 heavy (non-hydrogen) atoms. The number of carbonyl (C=O) groups excluding carboxylic acids is 1. The van der Waals surface area contributed by atoms with Crippen LogP contribution in [0.5, 0.6) is 0 Å². The first kappa shape index (κ1) is 15.5. The van der Waals surface area contributed by atoms with Gasteiger partial charge in [-0.15, -0.1) is 0 Å². The molecule has 0 unspecified atom stereocenters. The first-order valence-electron chi connectivity index (χ1n) is 6.37. The predicted octanol–water partition coefficient (Wildman–Crippen LogP) is 3.36. The lowest BCUT2D eigenvalue weighted by Gasteiger charge is -2.21. The normalized spacial score (nSPS) is 10.6. The van der Waals surface area contributed by atoms with Crippen molar-refractivity contribution in [1.29, 1.82) is 0 Å². The lowest BCUT2D eigenvalue weighted by molar-refractivity contribution is 0.0662. The van der Waals surface area contributed by atoms with Crippen LogP contribution < -0.4 is 0 Å². The highest BCUT2D eigenvalue weighted by molar-refractivity contribution is 6.30. The maximum absolute atomic E-state index is 13.9. The van der Waals surface area contributed by atoms with Crippen LogP contribution in [-0.2, 0) is 11.3 Å². The summed E-state index contributed by atoms with van der Waals surface area (Å²) in [7, 11) is 1.54. The number of nitrogens with zero attached hydrogens (tertiary/aromatic N) is 1. The fourth-order valence-corrected chi connectivity index (χ4v) is 2.04. The Balaban J connectivity index is 2.20.